The second kappa shape index (κ2) is 5.60. The van der Waals surface area contributed by atoms with Crippen LogP contribution in [-0.2, 0) is 0 Å². The zero-order chi connectivity index (χ0) is 14.8. The average Bonchev–Trinajstić information content (AvgIpc) is 3.23. The third-order valence-corrected chi connectivity index (χ3v) is 3.87. The summed E-state index contributed by atoms with van der Waals surface area (Å²) in [6.07, 6.45) is 1.11. The van der Waals surface area contributed by atoms with Gasteiger partial charge in [0.15, 0.2) is 5.96 Å². The Labute approximate surface area is 125 Å². The summed E-state index contributed by atoms with van der Waals surface area (Å²) in [5, 5.41) is 5.94. The molecule has 0 unspecified atom stereocenters. The van der Waals surface area contributed by atoms with Crippen molar-refractivity contribution in [1.29, 1.82) is 0 Å². The topological polar surface area (TPSA) is 50.4 Å². The molecule has 2 aromatic rings. The van der Waals surface area contributed by atoms with Gasteiger partial charge in [0, 0.05) is 12.0 Å². The highest BCUT2D eigenvalue weighted by Crippen LogP contribution is 2.43. The lowest BCUT2D eigenvalue weighted by Crippen LogP contribution is -2.34. The number of guanidine groups is 1. The van der Waals surface area contributed by atoms with Crippen LogP contribution in [0.5, 0.6) is 0 Å². The normalized spacial score (nSPS) is 21.3. The van der Waals surface area contributed by atoms with Gasteiger partial charge >= 0.3 is 0 Å². The van der Waals surface area contributed by atoms with Crippen LogP contribution < -0.4 is 11.1 Å². The predicted octanol–water partition coefficient (Wildman–Crippen LogP) is 3.18. The molecule has 0 amide bonds. The molecule has 21 heavy (non-hydrogen) atoms. The Hall–Kier alpha value is -2.29. The van der Waals surface area contributed by atoms with E-state index in [0.29, 0.717) is 24.5 Å². The van der Waals surface area contributed by atoms with Gasteiger partial charge in [-0.3, -0.25) is 0 Å². The second-order valence-electron chi connectivity index (χ2n) is 5.82. The monoisotopic (exact) mass is 279 g/mol. The Morgan fingerprint density at radius 1 is 1.29 bits per heavy atom. The van der Waals surface area contributed by atoms with Crippen LogP contribution in [0.3, 0.4) is 0 Å². The molecule has 0 aromatic heterocycles. The first kappa shape index (κ1) is 13.7. The van der Waals surface area contributed by atoms with Crippen LogP contribution in [0.1, 0.15) is 24.8 Å². The third kappa shape index (κ3) is 3.07. The van der Waals surface area contributed by atoms with Crippen LogP contribution in [-0.4, -0.2) is 18.5 Å². The number of rotatable bonds is 4. The van der Waals surface area contributed by atoms with Crippen molar-refractivity contribution in [2.24, 2.45) is 10.7 Å². The molecule has 0 radical (unpaired) electrons. The van der Waals surface area contributed by atoms with Crippen LogP contribution in [0, 0.1) is 0 Å². The van der Waals surface area contributed by atoms with Crippen LogP contribution in [0.4, 0.5) is 0 Å². The molecule has 3 nitrogen and oxygen atoms in total. The fraction of sp³-hybridized carbons (Fsp3) is 0.278. The van der Waals surface area contributed by atoms with Gasteiger partial charge in [0.1, 0.15) is 0 Å². The van der Waals surface area contributed by atoms with Crippen LogP contribution >= 0.6 is 0 Å². The molecule has 1 aliphatic rings. The Balaban J connectivity index is 1.72. The van der Waals surface area contributed by atoms with Gasteiger partial charge in [-0.2, -0.15) is 0 Å². The van der Waals surface area contributed by atoms with Crippen molar-refractivity contribution >= 4 is 16.7 Å². The van der Waals surface area contributed by atoms with E-state index in [-0.39, 0.29) is 0 Å². The van der Waals surface area contributed by atoms with Gasteiger partial charge in [-0.15, -0.1) is 0 Å². The van der Waals surface area contributed by atoms with Crippen molar-refractivity contribution in [2.45, 2.75) is 25.3 Å². The van der Waals surface area contributed by atoms with Gasteiger partial charge in [0.25, 0.3) is 0 Å². The molecule has 0 spiro atoms. The highest BCUT2D eigenvalue weighted by Gasteiger charge is 2.39. The second-order valence-corrected chi connectivity index (χ2v) is 5.82. The molecule has 3 N–H and O–H groups in total. The molecule has 0 bridgehead atoms. The molecular weight excluding hydrogens is 258 g/mol. The Kier molecular flexibility index (Phi) is 3.65. The molecular formula is C18H21N3. The largest absolute Gasteiger partial charge is 0.370 e. The SMILES string of the molecule is C=C(C)CN=C(N)N[C@@H]1C[C@H]1c1cccc2ccccc12. The van der Waals surface area contributed by atoms with Gasteiger partial charge in [0.2, 0.25) is 0 Å². The van der Waals surface area contributed by atoms with Crippen molar-refractivity contribution < 1.29 is 0 Å². The number of benzene rings is 2. The minimum Gasteiger partial charge on any atom is -0.370 e. The van der Waals surface area contributed by atoms with Crippen LogP contribution in [0.25, 0.3) is 10.8 Å². The zero-order valence-corrected chi connectivity index (χ0v) is 12.3. The van der Waals surface area contributed by atoms with Gasteiger partial charge in [0.05, 0.1) is 6.54 Å². The molecule has 0 heterocycles. The number of fused-ring (bicyclic) bond motifs is 1. The zero-order valence-electron chi connectivity index (χ0n) is 12.3. The molecule has 1 aliphatic carbocycles. The van der Waals surface area contributed by atoms with E-state index < -0.39 is 0 Å². The van der Waals surface area contributed by atoms with Crippen LogP contribution in [0.15, 0.2) is 59.6 Å². The summed E-state index contributed by atoms with van der Waals surface area (Å²) in [5.41, 5.74) is 8.33. The van der Waals surface area contributed by atoms with Crippen molar-refractivity contribution in [2.75, 3.05) is 6.54 Å². The molecule has 3 heteroatoms. The summed E-state index contributed by atoms with van der Waals surface area (Å²) >= 11 is 0. The van der Waals surface area contributed by atoms with E-state index in [2.05, 4.69) is 59.4 Å². The Bertz CT molecular complexity index is 697. The first-order valence-corrected chi connectivity index (χ1v) is 7.33. The van der Waals surface area contributed by atoms with Gasteiger partial charge in [-0.1, -0.05) is 54.6 Å². The highest BCUT2D eigenvalue weighted by molar-refractivity contribution is 5.87. The van der Waals surface area contributed by atoms with E-state index in [9.17, 15) is 0 Å². The molecule has 108 valence electrons. The van der Waals surface area contributed by atoms with Crippen molar-refractivity contribution in [3.05, 3.63) is 60.2 Å². The lowest BCUT2D eigenvalue weighted by atomic mass is 10.0. The summed E-state index contributed by atoms with van der Waals surface area (Å²) < 4.78 is 0. The lowest BCUT2D eigenvalue weighted by Gasteiger charge is -2.08. The Morgan fingerprint density at radius 2 is 2.05 bits per heavy atom. The van der Waals surface area contributed by atoms with Gasteiger partial charge in [-0.05, 0) is 29.7 Å². The number of hydrogen-bond donors (Lipinski definition) is 2. The van der Waals surface area contributed by atoms with Crippen molar-refractivity contribution in [3.63, 3.8) is 0 Å². The third-order valence-electron chi connectivity index (χ3n) is 3.87. The maximum Gasteiger partial charge on any atom is 0.189 e. The van der Waals surface area contributed by atoms with Crippen molar-refractivity contribution in [3.8, 4) is 0 Å². The minimum absolute atomic E-state index is 0.393. The summed E-state index contributed by atoms with van der Waals surface area (Å²) in [5.74, 6) is 1.04. The number of hydrogen-bond acceptors (Lipinski definition) is 1. The van der Waals surface area contributed by atoms with Gasteiger partial charge in [-0.25, -0.2) is 4.99 Å². The minimum atomic E-state index is 0.393. The number of aliphatic imine (C=N–C) groups is 1. The fourth-order valence-electron chi connectivity index (χ4n) is 2.73. The number of nitrogens with zero attached hydrogens (tertiary/aromatic N) is 1. The van der Waals surface area contributed by atoms with E-state index in [1.54, 1.807) is 0 Å². The quantitative estimate of drug-likeness (QED) is 0.513. The molecule has 0 aliphatic heterocycles. The summed E-state index contributed by atoms with van der Waals surface area (Å²) in [6, 6.07) is 15.4. The summed E-state index contributed by atoms with van der Waals surface area (Å²) in [6.45, 7) is 6.37. The van der Waals surface area contributed by atoms with Gasteiger partial charge < -0.3 is 11.1 Å². The maximum absolute atomic E-state index is 5.91. The van der Waals surface area contributed by atoms with E-state index in [1.165, 1.54) is 16.3 Å². The number of nitrogens with one attached hydrogen (secondary N) is 1. The molecule has 2 aromatic carbocycles. The molecule has 2 atom stereocenters. The molecule has 0 saturated heterocycles. The van der Waals surface area contributed by atoms with E-state index in [1.807, 2.05) is 6.92 Å². The molecule has 3 rings (SSSR count). The number of nitrogens with two attached hydrogens (primary N) is 1. The van der Waals surface area contributed by atoms with Crippen molar-refractivity contribution in [1.82, 2.24) is 5.32 Å². The first-order valence-electron chi connectivity index (χ1n) is 7.33. The average molecular weight is 279 g/mol. The maximum atomic E-state index is 5.91. The first-order chi connectivity index (χ1) is 10.1. The summed E-state index contributed by atoms with van der Waals surface area (Å²) in [4.78, 5) is 4.28. The standard InChI is InChI=1S/C18H21N3/c1-12(2)11-20-18(19)21-17-10-16(17)15-9-5-7-13-6-3-4-8-14(13)15/h3-9,16-17H,1,10-11H2,2H3,(H3,19,20,21)/t16-,17+/m0/s1. The van der Waals surface area contributed by atoms with E-state index in [0.717, 1.165) is 12.0 Å². The fourth-order valence-corrected chi connectivity index (χ4v) is 2.73. The smallest absolute Gasteiger partial charge is 0.189 e. The van der Waals surface area contributed by atoms with Crippen LogP contribution in [0.2, 0.25) is 0 Å². The molecule has 1 saturated carbocycles. The molecule has 1 fully saturated rings. The Morgan fingerprint density at radius 3 is 2.86 bits per heavy atom. The lowest BCUT2D eigenvalue weighted by molar-refractivity contribution is 0.855. The highest BCUT2D eigenvalue weighted by atomic mass is 15.1. The summed E-state index contributed by atoms with van der Waals surface area (Å²) in [7, 11) is 0. The van der Waals surface area contributed by atoms with E-state index >= 15 is 0 Å². The van der Waals surface area contributed by atoms with E-state index in [4.69, 9.17) is 5.73 Å². The predicted molar refractivity (Wildman–Crippen MR) is 89.5 cm³/mol.